The largest absolute Gasteiger partial charge is 0.480 e. The van der Waals surface area contributed by atoms with Crippen LogP contribution in [-0.2, 0) is 11.3 Å². The molecule has 1 aromatic heterocycles. The molecule has 6 nitrogen and oxygen atoms in total. The number of ketones is 1. The lowest BCUT2D eigenvalue weighted by atomic mass is 9.93. The molecule has 2 N–H and O–H groups in total. The number of nitrogens with one attached hydrogen (secondary N) is 1. The van der Waals surface area contributed by atoms with Gasteiger partial charge in [0.25, 0.3) is 0 Å². The third kappa shape index (κ3) is 2.67. The van der Waals surface area contributed by atoms with Crippen LogP contribution in [0.3, 0.4) is 0 Å². The van der Waals surface area contributed by atoms with Gasteiger partial charge >= 0.3 is 5.97 Å². The minimum absolute atomic E-state index is 0.0473. The van der Waals surface area contributed by atoms with Gasteiger partial charge in [0, 0.05) is 5.92 Å². The summed E-state index contributed by atoms with van der Waals surface area (Å²) < 4.78 is 1.52. The van der Waals surface area contributed by atoms with E-state index < -0.39 is 5.97 Å². The normalized spacial score (nSPS) is 16.2. The maximum Gasteiger partial charge on any atom is 0.323 e. The highest BCUT2D eigenvalue weighted by Crippen LogP contribution is 2.22. The number of carboxylic acid groups (broad SMARTS) is 1. The van der Waals surface area contributed by atoms with Crippen LogP contribution in [0.5, 0.6) is 0 Å². The number of carboxylic acids is 1. The maximum absolute atomic E-state index is 12.7. The van der Waals surface area contributed by atoms with Crippen LogP contribution in [0.15, 0.2) is 24.3 Å². The van der Waals surface area contributed by atoms with Gasteiger partial charge < -0.3 is 15.0 Å². The lowest BCUT2D eigenvalue weighted by Crippen LogP contribution is -2.33. The zero-order valence-corrected chi connectivity index (χ0v) is 11.6. The molecule has 1 aliphatic heterocycles. The molecule has 1 aliphatic rings. The highest BCUT2D eigenvalue weighted by molar-refractivity contribution is 5.98. The number of piperidine rings is 1. The first-order valence-corrected chi connectivity index (χ1v) is 7.09. The Morgan fingerprint density at radius 1 is 1.29 bits per heavy atom. The van der Waals surface area contributed by atoms with Crippen LogP contribution in [0.2, 0.25) is 0 Å². The van der Waals surface area contributed by atoms with E-state index in [-0.39, 0.29) is 24.1 Å². The molecule has 1 fully saturated rings. The Morgan fingerprint density at radius 2 is 2.00 bits per heavy atom. The average molecular weight is 287 g/mol. The minimum Gasteiger partial charge on any atom is -0.480 e. The standard InChI is InChI=1S/C15H17N3O3/c19-13(20)9-18-12-4-2-1-3-11(12)17-15(18)14(21)10-5-7-16-8-6-10/h1-4,10,16H,5-9H2,(H,19,20). The van der Waals surface area contributed by atoms with Gasteiger partial charge in [-0.1, -0.05) is 12.1 Å². The van der Waals surface area contributed by atoms with Crippen LogP contribution in [0.1, 0.15) is 23.5 Å². The predicted octanol–water partition coefficient (Wildman–Crippen LogP) is 1.30. The Bertz CT molecular complexity index is 687. The van der Waals surface area contributed by atoms with Gasteiger partial charge in [-0.3, -0.25) is 9.59 Å². The molecule has 110 valence electrons. The van der Waals surface area contributed by atoms with E-state index in [0.29, 0.717) is 11.0 Å². The topological polar surface area (TPSA) is 84.2 Å². The number of hydrogen-bond acceptors (Lipinski definition) is 4. The summed E-state index contributed by atoms with van der Waals surface area (Å²) in [6.07, 6.45) is 1.55. The molecule has 3 rings (SSSR count). The number of aromatic nitrogens is 2. The Labute approximate surface area is 121 Å². The van der Waals surface area contributed by atoms with Crippen molar-refractivity contribution in [2.24, 2.45) is 5.92 Å². The van der Waals surface area contributed by atoms with E-state index >= 15 is 0 Å². The number of rotatable bonds is 4. The molecule has 0 bridgehead atoms. The number of hydrogen-bond donors (Lipinski definition) is 2. The first kappa shape index (κ1) is 13.8. The fourth-order valence-corrected chi connectivity index (χ4v) is 2.83. The van der Waals surface area contributed by atoms with Gasteiger partial charge in [-0.15, -0.1) is 0 Å². The molecule has 0 atom stereocenters. The van der Waals surface area contributed by atoms with Crippen LogP contribution in [0, 0.1) is 5.92 Å². The number of carbonyl (C=O) groups is 2. The van der Waals surface area contributed by atoms with Gasteiger partial charge in [-0.05, 0) is 38.1 Å². The smallest absolute Gasteiger partial charge is 0.323 e. The summed E-state index contributed by atoms with van der Waals surface area (Å²) in [6, 6.07) is 7.25. The zero-order chi connectivity index (χ0) is 14.8. The summed E-state index contributed by atoms with van der Waals surface area (Å²) in [5, 5.41) is 12.3. The summed E-state index contributed by atoms with van der Waals surface area (Å²) in [7, 11) is 0. The zero-order valence-electron chi connectivity index (χ0n) is 11.6. The average Bonchev–Trinajstić information content (AvgIpc) is 2.86. The number of imidazole rings is 1. The van der Waals surface area contributed by atoms with E-state index in [4.69, 9.17) is 5.11 Å². The summed E-state index contributed by atoms with van der Waals surface area (Å²) in [6.45, 7) is 1.39. The molecule has 1 aromatic carbocycles. The van der Waals surface area contributed by atoms with Crippen molar-refractivity contribution < 1.29 is 14.7 Å². The Balaban J connectivity index is 2.03. The van der Waals surface area contributed by atoms with Crippen molar-refractivity contribution in [3.8, 4) is 0 Å². The van der Waals surface area contributed by atoms with Crippen molar-refractivity contribution in [2.45, 2.75) is 19.4 Å². The molecule has 0 saturated carbocycles. The van der Waals surface area contributed by atoms with E-state index in [1.165, 1.54) is 4.57 Å². The molecule has 0 radical (unpaired) electrons. The first-order valence-electron chi connectivity index (χ1n) is 7.09. The second-order valence-electron chi connectivity index (χ2n) is 5.29. The molecule has 6 heteroatoms. The van der Waals surface area contributed by atoms with Gasteiger partial charge in [-0.25, -0.2) is 4.98 Å². The number of benzene rings is 1. The molecule has 0 aliphatic carbocycles. The Hall–Kier alpha value is -2.21. The first-order chi connectivity index (χ1) is 10.2. The Morgan fingerprint density at radius 3 is 2.71 bits per heavy atom. The highest BCUT2D eigenvalue weighted by atomic mass is 16.4. The van der Waals surface area contributed by atoms with Crippen LogP contribution in [0.25, 0.3) is 11.0 Å². The maximum atomic E-state index is 12.7. The highest BCUT2D eigenvalue weighted by Gasteiger charge is 2.27. The molecule has 2 heterocycles. The lowest BCUT2D eigenvalue weighted by molar-refractivity contribution is -0.137. The summed E-state index contributed by atoms with van der Waals surface area (Å²) in [5.41, 5.74) is 1.35. The number of para-hydroxylation sites is 2. The van der Waals surface area contributed by atoms with Gasteiger partial charge in [0.1, 0.15) is 6.54 Å². The molecule has 0 unspecified atom stereocenters. The number of aliphatic carboxylic acids is 1. The summed E-state index contributed by atoms with van der Waals surface area (Å²) >= 11 is 0. The monoisotopic (exact) mass is 287 g/mol. The fourth-order valence-electron chi connectivity index (χ4n) is 2.83. The molecule has 21 heavy (non-hydrogen) atoms. The SMILES string of the molecule is O=C(O)Cn1c(C(=O)C2CCNCC2)nc2ccccc21. The molecule has 0 spiro atoms. The van der Waals surface area contributed by atoms with Crippen LogP contribution < -0.4 is 5.32 Å². The molecular formula is C15H17N3O3. The van der Waals surface area contributed by atoms with Crippen molar-refractivity contribution >= 4 is 22.8 Å². The molecule has 1 saturated heterocycles. The molecular weight excluding hydrogens is 270 g/mol. The lowest BCUT2D eigenvalue weighted by Gasteiger charge is -2.21. The van der Waals surface area contributed by atoms with E-state index in [0.717, 1.165) is 25.9 Å². The van der Waals surface area contributed by atoms with Crippen LogP contribution in [-0.4, -0.2) is 39.5 Å². The van der Waals surface area contributed by atoms with Crippen molar-refractivity contribution in [3.63, 3.8) is 0 Å². The third-order valence-corrected chi connectivity index (χ3v) is 3.88. The van der Waals surface area contributed by atoms with Crippen LogP contribution >= 0.6 is 0 Å². The second-order valence-corrected chi connectivity index (χ2v) is 5.29. The van der Waals surface area contributed by atoms with Crippen molar-refractivity contribution in [3.05, 3.63) is 30.1 Å². The number of Topliss-reactive ketones (excluding diaryl/α,β-unsaturated/α-hetero) is 1. The summed E-state index contributed by atoms with van der Waals surface area (Å²) in [5.74, 6) is -0.826. The van der Waals surface area contributed by atoms with E-state index in [9.17, 15) is 9.59 Å². The van der Waals surface area contributed by atoms with Crippen molar-refractivity contribution in [1.29, 1.82) is 0 Å². The third-order valence-electron chi connectivity index (χ3n) is 3.88. The number of nitrogens with zero attached hydrogens (tertiary/aromatic N) is 2. The van der Waals surface area contributed by atoms with Gasteiger partial charge in [0.15, 0.2) is 5.82 Å². The summed E-state index contributed by atoms with van der Waals surface area (Å²) in [4.78, 5) is 28.1. The second kappa shape index (κ2) is 5.65. The molecule has 2 aromatic rings. The quantitative estimate of drug-likeness (QED) is 0.828. The van der Waals surface area contributed by atoms with Gasteiger partial charge in [0.2, 0.25) is 5.78 Å². The van der Waals surface area contributed by atoms with Crippen molar-refractivity contribution in [1.82, 2.24) is 14.9 Å². The number of fused-ring (bicyclic) bond motifs is 1. The van der Waals surface area contributed by atoms with E-state index in [1.807, 2.05) is 12.1 Å². The Kier molecular flexibility index (Phi) is 3.70. The van der Waals surface area contributed by atoms with E-state index in [2.05, 4.69) is 10.3 Å². The van der Waals surface area contributed by atoms with Crippen molar-refractivity contribution in [2.75, 3.05) is 13.1 Å². The number of carbonyl (C=O) groups excluding carboxylic acids is 1. The van der Waals surface area contributed by atoms with Gasteiger partial charge in [-0.2, -0.15) is 0 Å². The molecule has 0 amide bonds. The fraction of sp³-hybridized carbons (Fsp3) is 0.400. The predicted molar refractivity (Wildman–Crippen MR) is 77.3 cm³/mol. The van der Waals surface area contributed by atoms with Gasteiger partial charge in [0.05, 0.1) is 11.0 Å². The van der Waals surface area contributed by atoms with E-state index in [1.54, 1.807) is 12.1 Å². The van der Waals surface area contributed by atoms with Crippen LogP contribution in [0.4, 0.5) is 0 Å². The minimum atomic E-state index is -0.975.